The number of methoxy groups -OCH3 is 1. The molecule has 3 heterocycles. The second-order valence-corrected chi connectivity index (χ2v) is 7.20. The first-order chi connectivity index (χ1) is 14.1. The van der Waals surface area contributed by atoms with E-state index in [1.54, 1.807) is 11.0 Å². The fourth-order valence-electron chi connectivity index (χ4n) is 3.61. The van der Waals surface area contributed by atoms with Crippen molar-refractivity contribution in [3.8, 4) is 5.75 Å². The van der Waals surface area contributed by atoms with E-state index >= 15 is 0 Å². The van der Waals surface area contributed by atoms with Gasteiger partial charge in [0.05, 0.1) is 19.5 Å². The first kappa shape index (κ1) is 19.2. The minimum Gasteiger partial charge on any atom is -0.494 e. The minimum absolute atomic E-state index is 0.147. The van der Waals surface area contributed by atoms with Crippen molar-refractivity contribution < 1.29 is 13.9 Å². The molecule has 1 saturated heterocycles. The average Bonchev–Trinajstić information content (AvgIpc) is 3.16. The van der Waals surface area contributed by atoms with Gasteiger partial charge >= 0.3 is 6.03 Å². The fourth-order valence-corrected chi connectivity index (χ4v) is 3.61. The molecule has 3 aliphatic heterocycles. The highest BCUT2D eigenvalue weighted by atomic mass is 19.1. The van der Waals surface area contributed by atoms with Crippen molar-refractivity contribution in [1.29, 1.82) is 0 Å². The van der Waals surface area contributed by atoms with Crippen LogP contribution in [-0.4, -0.2) is 78.8 Å². The number of piperazine rings is 1. The summed E-state index contributed by atoms with van der Waals surface area (Å²) in [6, 6.07) is 4.46. The number of amides is 2. The number of anilines is 1. The lowest BCUT2D eigenvalue weighted by Gasteiger charge is -2.36. The molecule has 0 aliphatic carbocycles. The van der Waals surface area contributed by atoms with Gasteiger partial charge in [0.15, 0.2) is 11.6 Å². The van der Waals surface area contributed by atoms with Crippen LogP contribution in [-0.2, 0) is 0 Å². The molecule has 3 aliphatic rings. The van der Waals surface area contributed by atoms with Gasteiger partial charge in [0.25, 0.3) is 0 Å². The Morgan fingerprint density at radius 2 is 2.10 bits per heavy atom. The van der Waals surface area contributed by atoms with Crippen molar-refractivity contribution in [1.82, 2.24) is 14.7 Å². The maximum Gasteiger partial charge on any atom is 0.321 e. The first-order valence-corrected chi connectivity index (χ1v) is 9.82. The van der Waals surface area contributed by atoms with Crippen LogP contribution in [0.1, 0.15) is 13.3 Å². The SMILES string of the molecule is CCC1CN2C=NC(N3CCN(C(=O)Nc4ccc(OC)c(F)c4)CC3)=CC2=N1. The third kappa shape index (κ3) is 4.03. The largest absolute Gasteiger partial charge is 0.494 e. The molecule has 1 unspecified atom stereocenters. The Morgan fingerprint density at radius 3 is 2.79 bits per heavy atom. The molecule has 0 spiro atoms. The smallest absolute Gasteiger partial charge is 0.321 e. The summed E-state index contributed by atoms with van der Waals surface area (Å²) < 4.78 is 18.7. The number of nitrogens with one attached hydrogen (secondary N) is 1. The van der Waals surface area contributed by atoms with Gasteiger partial charge in [-0.2, -0.15) is 0 Å². The molecule has 29 heavy (non-hydrogen) atoms. The zero-order chi connectivity index (χ0) is 20.4. The Labute approximate surface area is 169 Å². The molecule has 2 amide bonds. The number of halogens is 1. The molecule has 0 radical (unpaired) electrons. The molecule has 4 rings (SSSR count). The number of nitrogens with zero attached hydrogens (tertiary/aromatic N) is 5. The van der Waals surface area contributed by atoms with E-state index in [0.717, 1.165) is 24.6 Å². The monoisotopic (exact) mass is 400 g/mol. The number of rotatable bonds is 4. The van der Waals surface area contributed by atoms with E-state index < -0.39 is 5.82 Å². The van der Waals surface area contributed by atoms with E-state index in [4.69, 9.17) is 9.73 Å². The van der Waals surface area contributed by atoms with Crippen molar-refractivity contribution >= 4 is 23.9 Å². The zero-order valence-electron chi connectivity index (χ0n) is 16.6. The summed E-state index contributed by atoms with van der Waals surface area (Å²) in [6.45, 7) is 5.50. The highest BCUT2D eigenvalue weighted by Crippen LogP contribution is 2.22. The third-order valence-electron chi connectivity index (χ3n) is 5.37. The molecular formula is C20H25FN6O2. The van der Waals surface area contributed by atoms with Gasteiger partial charge in [-0.25, -0.2) is 14.2 Å². The summed E-state index contributed by atoms with van der Waals surface area (Å²) >= 11 is 0. The topological polar surface area (TPSA) is 72.8 Å². The summed E-state index contributed by atoms with van der Waals surface area (Å²) in [5, 5.41) is 2.74. The lowest BCUT2D eigenvalue weighted by atomic mass is 10.2. The third-order valence-corrected chi connectivity index (χ3v) is 5.37. The number of hydrogen-bond acceptors (Lipinski definition) is 6. The van der Waals surface area contributed by atoms with Crippen LogP contribution in [0.15, 0.2) is 40.1 Å². The summed E-state index contributed by atoms with van der Waals surface area (Å²) in [7, 11) is 1.40. The van der Waals surface area contributed by atoms with Crippen LogP contribution in [0.5, 0.6) is 5.75 Å². The van der Waals surface area contributed by atoms with Gasteiger partial charge in [-0.05, 0) is 18.6 Å². The van der Waals surface area contributed by atoms with Gasteiger partial charge in [-0.3, -0.25) is 4.99 Å². The Hall–Kier alpha value is -3.10. The molecule has 8 nitrogen and oxygen atoms in total. The fraction of sp³-hybridized carbons (Fsp3) is 0.450. The minimum atomic E-state index is -0.508. The molecule has 1 aromatic carbocycles. The predicted octanol–water partition coefficient (Wildman–Crippen LogP) is 2.36. The maximum atomic E-state index is 13.8. The van der Waals surface area contributed by atoms with E-state index in [0.29, 0.717) is 37.9 Å². The van der Waals surface area contributed by atoms with Crippen molar-refractivity contribution in [3.63, 3.8) is 0 Å². The molecule has 1 atom stereocenters. The number of carbonyl (C=O) groups is 1. The Kier molecular flexibility index (Phi) is 5.37. The van der Waals surface area contributed by atoms with Crippen LogP contribution in [0.25, 0.3) is 0 Å². The Morgan fingerprint density at radius 1 is 1.31 bits per heavy atom. The van der Waals surface area contributed by atoms with Crippen LogP contribution in [0, 0.1) is 5.82 Å². The zero-order valence-corrected chi connectivity index (χ0v) is 16.6. The quantitative estimate of drug-likeness (QED) is 0.842. The molecule has 0 aromatic heterocycles. The normalized spacial score (nSPS) is 20.9. The van der Waals surface area contributed by atoms with Crippen molar-refractivity contribution in [2.24, 2.45) is 9.98 Å². The molecule has 0 bridgehead atoms. The van der Waals surface area contributed by atoms with Crippen LogP contribution in [0.3, 0.4) is 0 Å². The van der Waals surface area contributed by atoms with Gasteiger partial charge in [0.2, 0.25) is 0 Å². The molecule has 0 saturated carbocycles. The van der Waals surface area contributed by atoms with Crippen molar-refractivity contribution in [3.05, 3.63) is 35.9 Å². The van der Waals surface area contributed by atoms with Crippen LogP contribution >= 0.6 is 0 Å². The molecular weight excluding hydrogens is 375 g/mol. The molecule has 1 fully saturated rings. The van der Waals surface area contributed by atoms with Crippen LogP contribution in [0.2, 0.25) is 0 Å². The molecule has 1 aromatic rings. The number of hydrogen-bond donors (Lipinski definition) is 1. The van der Waals surface area contributed by atoms with E-state index in [1.165, 1.54) is 19.2 Å². The number of aliphatic imine (C=N–C) groups is 2. The van der Waals surface area contributed by atoms with E-state index in [9.17, 15) is 9.18 Å². The average molecular weight is 400 g/mol. The molecule has 1 N–H and O–H groups in total. The summed E-state index contributed by atoms with van der Waals surface area (Å²) in [5.41, 5.74) is 0.403. The van der Waals surface area contributed by atoms with Gasteiger partial charge in [-0.15, -0.1) is 0 Å². The summed E-state index contributed by atoms with van der Waals surface area (Å²) in [4.78, 5) is 27.7. The van der Waals surface area contributed by atoms with Crippen molar-refractivity contribution in [2.45, 2.75) is 19.4 Å². The number of amidine groups is 1. The molecule has 9 heteroatoms. The van der Waals surface area contributed by atoms with Gasteiger partial charge < -0.3 is 24.8 Å². The number of fused-ring (bicyclic) bond motifs is 1. The van der Waals surface area contributed by atoms with Gasteiger partial charge in [0.1, 0.15) is 11.7 Å². The van der Waals surface area contributed by atoms with Crippen molar-refractivity contribution in [2.75, 3.05) is 45.2 Å². The second-order valence-electron chi connectivity index (χ2n) is 7.20. The molecule has 154 valence electrons. The highest BCUT2D eigenvalue weighted by Gasteiger charge is 2.28. The Balaban J connectivity index is 1.33. The number of benzene rings is 1. The van der Waals surface area contributed by atoms with Gasteiger partial charge in [0, 0.05) is 50.6 Å². The summed E-state index contributed by atoms with van der Waals surface area (Å²) in [6.07, 6.45) is 4.88. The van der Waals surface area contributed by atoms with E-state index in [1.807, 2.05) is 12.4 Å². The summed E-state index contributed by atoms with van der Waals surface area (Å²) in [5.74, 6) is 1.48. The standard InChI is InChI=1S/C20H25FN6O2/c1-3-14-12-27-13-22-18(11-19(27)23-14)25-6-8-26(9-7-25)20(28)24-15-4-5-17(29-2)16(21)10-15/h4-5,10-11,13-14H,3,6-9,12H2,1-2H3,(H,24,28). The first-order valence-electron chi connectivity index (χ1n) is 9.82. The van der Waals surface area contributed by atoms with Gasteiger partial charge in [-0.1, -0.05) is 6.92 Å². The number of ether oxygens (including phenoxy) is 1. The Bertz CT molecular complexity index is 876. The van der Waals surface area contributed by atoms with Crippen LogP contribution < -0.4 is 10.1 Å². The highest BCUT2D eigenvalue weighted by molar-refractivity contribution is 6.03. The lowest BCUT2D eigenvalue weighted by Crippen LogP contribution is -2.49. The van der Waals surface area contributed by atoms with Crippen LogP contribution in [0.4, 0.5) is 14.9 Å². The number of carbonyl (C=O) groups excluding carboxylic acids is 1. The lowest BCUT2D eigenvalue weighted by molar-refractivity contribution is 0.167. The number of urea groups is 1. The van der Waals surface area contributed by atoms with E-state index in [-0.39, 0.29) is 11.8 Å². The predicted molar refractivity (Wildman–Crippen MR) is 110 cm³/mol. The second kappa shape index (κ2) is 8.10. The maximum absolute atomic E-state index is 13.8. The van der Waals surface area contributed by atoms with E-state index in [2.05, 4.69) is 27.0 Å².